The van der Waals surface area contributed by atoms with Gasteiger partial charge in [-0.15, -0.1) is 0 Å². The highest BCUT2D eigenvalue weighted by atomic mass is 16.6. The molecule has 3 aromatic rings. The van der Waals surface area contributed by atoms with Crippen LogP contribution < -0.4 is 4.90 Å². The topological polar surface area (TPSA) is 107 Å². The molecule has 0 saturated heterocycles. The Bertz CT molecular complexity index is 1250. The molecule has 0 unspecified atom stereocenters. The molecule has 0 N–H and O–H groups in total. The molecular formula is C23H16N2O6. The van der Waals surface area contributed by atoms with Crippen LogP contribution in [0.2, 0.25) is 0 Å². The molecule has 2 amide bonds. The fraction of sp³-hybridized carbons (Fsp3) is 0.0870. The van der Waals surface area contributed by atoms with E-state index in [1.807, 2.05) is 13.0 Å². The highest BCUT2D eigenvalue weighted by Gasteiger charge is 2.37. The molecule has 0 aliphatic carbocycles. The summed E-state index contributed by atoms with van der Waals surface area (Å²) in [5, 5.41) is 11.1. The van der Waals surface area contributed by atoms with Gasteiger partial charge in [-0.1, -0.05) is 24.3 Å². The molecule has 0 radical (unpaired) electrons. The molecule has 0 bridgehead atoms. The molecule has 0 atom stereocenters. The number of carbonyl (C=O) groups excluding carboxylic acids is 3. The fourth-order valence-electron chi connectivity index (χ4n) is 3.41. The van der Waals surface area contributed by atoms with E-state index in [-0.39, 0.29) is 34.5 Å². The number of anilines is 1. The summed E-state index contributed by atoms with van der Waals surface area (Å²) in [5.41, 5.74) is 1.82. The number of hydrogen-bond acceptors (Lipinski definition) is 6. The zero-order chi connectivity index (χ0) is 22.1. The fourth-order valence-corrected chi connectivity index (χ4v) is 3.41. The lowest BCUT2D eigenvalue weighted by Gasteiger charge is -2.14. The summed E-state index contributed by atoms with van der Waals surface area (Å²) < 4.78 is 5.20. The van der Waals surface area contributed by atoms with E-state index in [0.717, 1.165) is 10.5 Å². The van der Waals surface area contributed by atoms with Gasteiger partial charge >= 0.3 is 5.97 Å². The molecule has 31 heavy (non-hydrogen) atoms. The van der Waals surface area contributed by atoms with Crippen LogP contribution >= 0.6 is 0 Å². The van der Waals surface area contributed by atoms with Crippen LogP contribution in [0.4, 0.5) is 11.4 Å². The second kappa shape index (κ2) is 7.83. The zero-order valence-electron chi connectivity index (χ0n) is 16.4. The number of hydrogen-bond donors (Lipinski definition) is 0. The monoisotopic (exact) mass is 416 g/mol. The van der Waals surface area contributed by atoms with Crippen molar-refractivity contribution in [2.45, 2.75) is 13.5 Å². The van der Waals surface area contributed by atoms with Gasteiger partial charge in [-0.05, 0) is 48.9 Å². The Morgan fingerprint density at radius 2 is 1.71 bits per heavy atom. The first-order valence-electron chi connectivity index (χ1n) is 9.36. The van der Waals surface area contributed by atoms with Gasteiger partial charge in [-0.3, -0.25) is 19.7 Å². The van der Waals surface area contributed by atoms with Crippen molar-refractivity contribution in [2.24, 2.45) is 0 Å². The molecule has 0 fully saturated rings. The number of para-hydroxylation sites is 1. The third kappa shape index (κ3) is 3.66. The Labute approximate surface area is 176 Å². The van der Waals surface area contributed by atoms with Crippen LogP contribution in [0.25, 0.3) is 0 Å². The summed E-state index contributed by atoms with van der Waals surface area (Å²) in [7, 11) is 0. The molecule has 8 heteroatoms. The minimum Gasteiger partial charge on any atom is -0.457 e. The number of ether oxygens (including phenoxy) is 1. The molecule has 8 nitrogen and oxygen atoms in total. The number of nitro groups is 1. The quantitative estimate of drug-likeness (QED) is 0.269. The van der Waals surface area contributed by atoms with Gasteiger partial charge in [0, 0.05) is 6.07 Å². The van der Waals surface area contributed by atoms with Crippen LogP contribution in [0.5, 0.6) is 0 Å². The average molecular weight is 416 g/mol. The Balaban J connectivity index is 1.56. The van der Waals surface area contributed by atoms with E-state index < -0.39 is 22.7 Å². The summed E-state index contributed by atoms with van der Waals surface area (Å²) in [6, 6.07) is 17.1. The van der Waals surface area contributed by atoms with Crippen LogP contribution in [0.15, 0.2) is 66.7 Å². The van der Waals surface area contributed by atoms with Crippen LogP contribution in [-0.2, 0) is 11.3 Å². The van der Waals surface area contributed by atoms with E-state index in [1.165, 1.54) is 36.4 Å². The molecule has 0 saturated carbocycles. The number of nitro benzene ring substituents is 1. The van der Waals surface area contributed by atoms with E-state index in [2.05, 4.69) is 0 Å². The average Bonchev–Trinajstić information content (AvgIpc) is 3.01. The van der Waals surface area contributed by atoms with Crippen molar-refractivity contribution in [3.05, 3.63) is 105 Å². The number of fused-ring (bicyclic) bond motifs is 1. The van der Waals surface area contributed by atoms with E-state index in [0.29, 0.717) is 5.69 Å². The molecular weight excluding hydrogens is 400 g/mol. The van der Waals surface area contributed by atoms with Crippen molar-refractivity contribution in [1.29, 1.82) is 0 Å². The smallest absolute Gasteiger partial charge is 0.338 e. The minimum atomic E-state index is -0.754. The number of esters is 1. The molecule has 4 rings (SSSR count). The van der Waals surface area contributed by atoms with Crippen molar-refractivity contribution < 1.29 is 24.0 Å². The van der Waals surface area contributed by atoms with Gasteiger partial charge in [0.05, 0.1) is 32.9 Å². The van der Waals surface area contributed by atoms with Gasteiger partial charge in [0.2, 0.25) is 0 Å². The van der Waals surface area contributed by atoms with E-state index in [9.17, 15) is 24.5 Å². The van der Waals surface area contributed by atoms with Gasteiger partial charge in [-0.2, -0.15) is 0 Å². The lowest BCUT2D eigenvalue weighted by atomic mass is 10.1. The highest BCUT2D eigenvalue weighted by molar-refractivity contribution is 6.34. The van der Waals surface area contributed by atoms with Gasteiger partial charge in [-0.25, -0.2) is 9.69 Å². The molecule has 1 heterocycles. The van der Waals surface area contributed by atoms with Gasteiger partial charge in [0.25, 0.3) is 17.5 Å². The maximum absolute atomic E-state index is 12.9. The number of aryl methyl sites for hydroxylation is 1. The lowest BCUT2D eigenvalue weighted by Crippen LogP contribution is -2.29. The molecule has 0 spiro atoms. The Morgan fingerprint density at radius 1 is 0.968 bits per heavy atom. The van der Waals surface area contributed by atoms with Crippen molar-refractivity contribution in [3.8, 4) is 0 Å². The predicted molar refractivity (Wildman–Crippen MR) is 111 cm³/mol. The highest BCUT2D eigenvalue weighted by Crippen LogP contribution is 2.30. The normalized spacial score (nSPS) is 12.6. The van der Waals surface area contributed by atoms with Crippen molar-refractivity contribution >= 4 is 29.2 Å². The standard InChI is InChI=1S/C23H16N2O6/c1-14-5-4-7-17(11-14)24-21(26)18-10-9-15(12-19(18)22(24)27)23(28)31-13-16-6-2-3-8-20(16)25(29)30/h2-12H,13H2,1H3. The summed E-state index contributed by atoms with van der Waals surface area (Å²) >= 11 is 0. The first-order chi connectivity index (χ1) is 14.9. The van der Waals surface area contributed by atoms with Crippen molar-refractivity contribution in [2.75, 3.05) is 4.90 Å². The second-order valence-electron chi connectivity index (χ2n) is 7.01. The Morgan fingerprint density at radius 3 is 2.45 bits per heavy atom. The second-order valence-corrected chi connectivity index (χ2v) is 7.01. The SMILES string of the molecule is Cc1cccc(N2C(=O)c3ccc(C(=O)OCc4ccccc4[N+](=O)[O-])cc3C2=O)c1. The van der Waals surface area contributed by atoms with Crippen LogP contribution in [-0.4, -0.2) is 22.7 Å². The summed E-state index contributed by atoms with van der Waals surface area (Å²) in [4.78, 5) is 49.7. The third-order valence-electron chi connectivity index (χ3n) is 4.93. The summed E-state index contributed by atoms with van der Waals surface area (Å²) in [5.74, 6) is -1.75. The molecule has 154 valence electrons. The number of rotatable bonds is 5. The number of carbonyl (C=O) groups is 3. The number of benzene rings is 3. The van der Waals surface area contributed by atoms with Crippen molar-refractivity contribution in [3.63, 3.8) is 0 Å². The molecule has 3 aromatic carbocycles. The third-order valence-corrected chi connectivity index (χ3v) is 4.93. The minimum absolute atomic E-state index is 0.0737. The molecule has 0 aromatic heterocycles. The zero-order valence-corrected chi connectivity index (χ0v) is 16.4. The Hall–Kier alpha value is -4.33. The lowest BCUT2D eigenvalue weighted by molar-refractivity contribution is -0.385. The van der Waals surface area contributed by atoms with Gasteiger partial charge < -0.3 is 4.74 Å². The maximum Gasteiger partial charge on any atom is 0.338 e. The van der Waals surface area contributed by atoms with Crippen LogP contribution in [0.3, 0.4) is 0 Å². The van der Waals surface area contributed by atoms with Gasteiger partial charge in [0.1, 0.15) is 6.61 Å². The maximum atomic E-state index is 12.9. The largest absolute Gasteiger partial charge is 0.457 e. The van der Waals surface area contributed by atoms with E-state index in [1.54, 1.807) is 24.3 Å². The number of nitrogens with zero attached hydrogens (tertiary/aromatic N) is 2. The van der Waals surface area contributed by atoms with Gasteiger partial charge in [0.15, 0.2) is 0 Å². The molecule has 1 aliphatic heterocycles. The summed E-state index contributed by atoms with van der Waals surface area (Å²) in [6.07, 6.45) is 0. The predicted octanol–water partition coefficient (Wildman–Crippen LogP) is 4.06. The van der Waals surface area contributed by atoms with E-state index >= 15 is 0 Å². The van der Waals surface area contributed by atoms with E-state index in [4.69, 9.17) is 4.74 Å². The van der Waals surface area contributed by atoms with Crippen molar-refractivity contribution in [1.82, 2.24) is 0 Å². The molecule has 1 aliphatic rings. The number of imide groups is 1. The Kier molecular flexibility index (Phi) is 5.04. The first-order valence-corrected chi connectivity index (χ1v) is 9.36. The van der Waals surface area contributed by atoms with Crippen LogP contribution in [0.1, 0.15) is 42.2 Å². The summed E-state index contributed by atoms with van der Waals surface area (Å²) in [6.45, 7) is 1.56. The van der Waals surface area contributed by atoms with Crippen LogP contribution in [0, 0.1) is 17.0 Å². The number of amides is 2. The first kappa shape index (κ1) is 20.0.